The van der Waals surface area contributed by atoms with E-state index < -0.39 is 0 Å². The third-order valence-electron chi connectivity index (χ3n) is 4.01. The largest absolute Gasteiger partial charge is 0.507 e. The lowest BCUT2D eigenvalue weighted by molar-refractivity contribution is 0.102. The lowest BCUT2D eigenvalue weighted by Crippen LogP contribution is -2.11. The Labute approximate surface area is 144 Å². The second-order valence-electron chi connectivity index (χ2n) is 5.62. The molecule has 4 rings (SSSR count). The van der Waals surface area contributed by atoms with Gasteiger partial charge in [0.2, 0.25) is 0 Å². The van der Waals surface area contributed by atoms with Gasteiger partial charge in [0, 0.05) is 11.4 Å². The van der Waals surface area contributed by atoms with Crippen LogP contribution in [0, 0.1) is 0 Å². The maximum Gasteiger partial charge on any atom is 0.259 e. The summed E-state index contributed by atoms with van der Waals surface area (Å²) in [4.78, 5) is 16.6. The molecule has 4 aromatic rings. The number of aromatic hydroxyl groups is 1. The van der Waals surface area contributed by atoms with Crippen LogP contribution in [-0.4, -0.2) is 20.6 Å². The van der Waals surface area contributed by atoms with Crippen molar-refractivity contribution in [3.63, 3.8) is 0 Å². The Morgan fingerprint density at radius 3 is 2.44 bits per heavy atom. The minimum Gasteiger partial charge on any atom is -0.507 e. The number of nitrogens with zero attached hydrogens (tertiary/aromatic N) is 2. The monoisotopic (exact) mass is 329 g/mol. The molecule has 5 nitrogen and oxygen atoms in total. The van der Waals surface area contributed by atoms with Gasteiger partial charge in [-0.3, -0.25) is 9.36 Å². The Kier molecular flexibility index (Phi) is 3.67. The standard InChI is InChI=1S/C20H15N3O2/c24-19-8-4-1-5-16(19)20(25)22-14-9-11-15(12-10-14)23-13-21-17-6-2-3-7-18(17)23/h1-13,24H,(H,22,25). The third-order valence-corrected chi connectivity index (χ3v) is 4.01. The molecule has 1 aromatic heterocycles. The minimum atomic E-state index is -0.348. The number of para-hydroxylation sites is 3. The van der Waals surface area contributed by atoms with E-state index >= 15 is 0 Å². The van der Waals surface area contributed by atoms with Gasteiger partial charge in [0.1, 0.15) is 12.1 Å². The number of benzene rings is 3. The van der Waals surface area contributed by atoms with Crippen LogP contribution in [0.3, 0.4) is 0 Å². The quantitative estimate of drug-likeness (QED) is 0.597. The average molecular weight is 329 g/mol. The van der Waals surface area contributed by atoms with Crippen molar-refractivity contribution in [3.8, 4) is 11.4 Å². The Hall–Kier alpha value is -3.60. The van der Waals surface area contributed by atoms with Gasteiger partial charge in [-0.1, -0.05) is 24.3 Å². The van der Waals surface area contributed by atoms with Crippen molar-refractivity contribution < 1.29 is 9.90 Å². The third kappa shape index (κ3) is 2.83. The number of nitrogens with one attached hydrogen (secondary N) is 1. The number of carbonyl (C=O) groups excluding carboxylic acids is 1. The number of fused-ring (bicyclic) bond motifs is 1. The summed E-state index contributed by atoms with van der Waals surface area (Å²) in [5.74, 6) is -0.388. The van der Waals surface area contributed by atoms with Crippen LogP contribution in [-0.2, 0) is 0 Å². The molecular formula is C20H15N3O2. The van der Waals surface area contributed by atoms with Gasteiger partial charge in [0.15, 0.2) is 0 Å². The summed E-state index contributed by atoms with van der Waals surface area (Å²) < 4.78 is 1.99. The Morgan fingerprint density at radius 1 is 0.920 bits per heavy atom. The normalized spacial score (nSPS) is 10.7. The van der Waals surface area contributed by atoms with Crippen molar-refractivity contribution in [3.05, 3.63) is 84.7 Å². The second-order valence-corrected chi connectivity index (χ2v) is 5.62. The SMILES string of the molecule is O=C(Nc1ccc(-n2cnc3ccccc32)cc1)c1ccccc1O. The lowest BCUT2D eigenvalue weighted by atomic mass is 10.2. The molecule has 0 aliphatic rings. The summed E-state index contributed by atoms with van der Waals surface area (Å²) in [5.41, 5.74) is 3.80. The number of hydrogen-bond acceptors (Lipinski definition) is 3. The topological polar surface area (TPSA) is 67.2 Å². The van der Waals surface area contributed by atoms with Gasteiger partial charge < -0.3 is 10.4 Å². The van der Waals surface area contributed by atoms with E-state index in [0.717, 1.165) is 16.7 Å². The molecular weight excluding hydrogens is 314 g/mol. The molecule has 0 spiro atoms. The van der Waals surface area contributed by atoms with E-state index in [4.69, 9.17) is 0 Å². The van der Waals surface area contributed by atoms with Crippen LogP contribution >= 0.6 is 0 Å². The van der Waals surface area contributed by atoms with Crippen LogP contribution in [0.5, 0.6) is 5.75 Å². The van der Waals surface area contributed by atoms with Crippen molar-refractivity contribution in [2.24, 2.45) is 0 Å². The molecule has 0 aliphatic heterocycles. The van der Waals surface area contributed by atoms with Gasteiger partial charge in [0.25, 0.3) is 5.91 Å². The predicted molar refractivity (Wildman–Crippen MR) is 97.1 cm³/mol. The highest BCUT2D eigenvalue weighted by molar-refractivity contribution is 6.06. The molecule has 1 heterocycles. The summed E-state index contributed by atoms with van der Waals surface area (Å²) >= 11 is 0. The molecule has 0 radical (unpaired) electrons. The first kappa shape index (κ1) is 15.0. The zero-order chi connectivity index (χ0) is 17.2. The molecule has 25 heavy (non-hydrogen) atoms. The molecule has 122 valence electrons. The smallest absolute Gasteiger partial charge is 0.259 e. The molecule has 0 saturated heterocycles. The number of amides is 1. The molecule has 3 aromatic carbocycles. The van der Waals surface area contributed by atoms with Crippen molar-refractivity contribution in [1.82, 2.24) is 9.55 Å². The van der Waals surface area contributed by atoms with Crippen LogP contribution < -0.4 is 5.32 Å². The van der Waals surface area contributed by atoms with Gasteiger partial charge in [-0.25, -0.2) is 4.98 Å². The van der Waals surface area contributed by atoms with E-state index in [1.54, 1.807) is 24.5 Å². The van der Waals surface area contributed by atoms with Crippen LogP contribution in [0.25, 0.3) is 16.7 Å². The lowest BCUT2D eigenvalue weighted by Gasteiger charge is -2.09. The maximum absolute atomic E-state index is 12.2. The number of phenols is 1. The first-order valence-corrected chi connectivity index (χ1v) is 7.84. The molecule has 5 heteroatoms. The van der Waals surface area contributed by atoms with Crippen molar-refractivity contribution in [2.45, 2.75) is 0 Å². The number of aromatic nitrogens is 2. The van der Waals surface area contributed by atoms with Crippen LogP contribution in [0.4, 0.5) is 5.69 Å². The van der Waals surface area contributed by atoms with E-state index in [1.807, 2.05) is 53.1 Å². The van der Waals surface area contributed by atoms with Crippen LogP contribution in [0.1, 0.15) is 10.4 Å². The summed E-state index contributed by atoms with van der Waals surface area (Å²) in [5, 5.41) is 12.5. The predicted octanol–water partition coefficient (Wildman–Crippen LogP) is 3.98. The highest BCUT2D eigenvalue weighted by Crippen LogP contribution is 2.21. The van der Waals surface area contributed by atoms with Crippen LogP contribution in [0.2, 0.25) is 0 Å². The van der Waals surface area contributed by atoms with Crippen LogP contribution in [0.15, 0.2) is 79.1 Å². The van der Waals surface area contributed by atoms with Crippen molar-refractivity contribution >= 4 is 22.6 Å². The molecule has 2 N–H and O–H groups in total. The van der Waals surface area contributed by atoms with E-state index in [2.05, 4.69) is 10.3 Å². The molecule has 0 atom stereocenters. The van der Waals surface area contributed by atoms with Gasteiger partial charge in [-0.05, 0) is 48.5 Å². The summed E-state index contributed by atoms with van der Waals surface area (Å²) in [6.45, 7) is 0. The van der Waals surface area contributed by atoms with E-state index in [-0.39, 0.29) is 17.2 Å². The fourth-order valence-corrected chi connectivity index (χ4v) is 2.73. The van der Waals surface area contributed by atoms with Crippen molar-refractivity contribution in [1.29, 1.82) is 0 Å². The van der Waals surface area contributed by atoms with E-state index in [0.29, 0.717) is 5.69 Å². The Morgan fingerprint density at radius 2 is 1.64 bits per heavy atom. The number of imidazole rings is 1. The Bertz CT molecular complexity index is 1050. The summed E-state index contributed by atoms with van der Waals surface area (Å²) in [7, 11) is 0. The van der Waals surface area contributed by atoms with E-state index in [1.165, 1.54) is 6.07 Å². The number of hydrogen-bond donors (Lipinski definition) is 2. The fourth-order valence-electron chi connectivity index (χ4n) is 2.73. The molecule has 0 saturated carbocycles. The van der Waals surface area contributed by atoms with Gasteiger partial charge in [-0.15, -0.1) is 0 Å². The van der Waals surface area contributed by atoms with Gasteiger partial charge >= 0.3 is 0 Å². The summed E-state index contributed by atoms with van der Waals surface area (Å²) in [6.07, 6.45) is 1.78. The molecule has 0 fully saturated rings. The zero-order valence-electron chi connectivity index (χ0n) is 13.3. The fraction of sp³-hybridized carbons (Fsp3) is 0. The zero-order valence-corrected chi connectivity index (χ0v) is 13.3. The molecule has 0 bridgehead atoms. The maximum atomic E-state index is 12.2. The molecule has 0 aliphatic carbocycles. The minimum absolute atomic E-state index is 0.0403. The average Bonchev–Trinajstić information content (AvgIpc) is 3.07. The summed E-state index contributed by atoms with van der Waals surface area (Å²) in [6, 6.07) is 21.8. The van der Waals surface area contributed by atoms with Gasteiger partial charge in [-0.2, -0.15) is 0 Å². The van der Waals surface area contributed by atoms with Crippen molar-refractivity contribution in [2.75, 3.05) is 5.32 Å². The highest BCUT2D eigenvalue weighted by Gasteiger charge is 2.10. The molecule has 0 unspecified atom stereocenters. The van der Waals surface area contributed by atoms with Gasteiger partial charge in [0.05, 0.1) is 16.6 Å². The number of anilines is 1. The highest BCUT2D eigenvalue weighted by atomic mass is 16.3. The first-order valence-electron chi connectivity index (χ1n) is 7.84. The number of phenolic OH excluding ortho intramolecular Hbond substituents is 1. The first-order chi connectivity index (χ1) is 12.2. The number of rotatable bonds is 3. The number of carbonyl (C=O) groups is 1. The molecule has 1 amide bonds. The Balaban J connectivity index is 1.58. The van der Waals surface area contributed by atoms with E-state index in [9.17, 15) is 9.90 Å². The second kappa shape index (κ2) is 6.13.